The molecule has 0 heterocycles. The van der Waals surface area contributed by atoms with Crippen LogP contribution in [0.4, 0.5) is 5.69 Å². The third-order valence-electron chi connectivity index (χ3n) is 3.84. The van der Waals surface area contributed by atoms with E-state index in [1.165, 1.54) is 33.5 Å². The molecular formula is C18H23NO. The minimum absolute atomic E-state index is 0.833. The van der Waals surface area contributed by atoms with Crippen molar-refractivity contribution in [1.29, 1.82) is 0 Å². The first-order valence-corrected chi connectivity index (χ1v) is 6.96. The molecular weight excluding hydrogens is 246 g/mol. The highest BCUT2D eigenvalue weighted by molar-refractivity contribution is 5.50. The van der Waals surface area contributed by atoms with Crippen molar-refractivity contribution in [2.45, 2.75) is 34.2 Å². The van der Waals surface area contributed by atoms with Gasteiger partial charge in [-0.1, -0.05) is 12.1 Å². The smallest absolute Gasteiger partial charge is 0.122 e. The standard InChI is InChI=1S/C18H23NO/c1-12-6-7-17(9-13(12)2)19-11-16-8-15(4)18(20-5)10-14(16)3/h6-10,19H,11H2,1-5H3. The van der Waals surface area contributed by atoms with Gasteiger partial charge in [-0.2, -0.15) is 0 Å². The molecule has 0 amide bonds. The highest BCUT2D eigenvalue weighted by Gasteiger charge is 2.05. The predicted molar refractivity (Wildman–Crippen MR) is 85.7 cm³/mol. The highest BCUT2D eigenvalue weighted by atomic mass is 16.5. The van der Waals surface area contributed by atoms with Crippen LogP contribution in [0, 0.1) is 27.7 Å². The van der Waals surface area contributed by atoms with E-state index in [0.717, 1.165) is 12.3 Å². The molecule has 0 spiro atoms. The van der Waals surface area contributed by atoms with E-state index in [9.17, 15) is 0 Å². The van der Waals surface area contributed by atoms with Crippen molar-refractivity contribution in [1.82, 2.24) is 0 Å². The van der Waals surface area contributed by atoms with Crippen LogP contribution in [-0.2, 0) is 6.54 Å². The molecule has 0 aromatic heterocycles. The maximum atomic E-state index is 5.35. The van der Waals surface area contributed by atoms with Gasteiger partial charge in [0.25, 0.3) is 0 Å². The van der Waals surface area contributed by atoms with E-state index in [4.69, 9.17) is 4.74 Å². The van der Waals surface area contributed by atoms with Gasteiger partial charge in [-0.25, -0.2) is 0 Å². The van der Waals surface area contributed by atoms with Gasteiger partial charge in [0.1, 0.15) is 5.75 Å². The van der Waals surface area contributed by atoms with Gasteiger partial charge in [0, 0.05) is 12.2 Å². The summed E-state index contributed by atoms with van der Waals surface area (Å²) in [6.45, 7) is 9.32. The summed E-state index contributed by atoms with van der Waals surface area (Å²) >= 11 is 0. The summed E-state index contributed by atoms with van der Waals surface area (Å²) < 4.78 is 5.35. The van der Waals surface area contributed by atoms with E-state index in [0.29, 0.717) is 0 Å². The van der Waals surface area contributed by atoms with Gasteiger partial charge < -0.3 is 10.1 Å². The number of hydrogen-bond acceptors (Lipinski definition) is 2. The maximum Gasteiger partial charge on any atom is 0.122 e. The molecule has 2 heteroatoms. The summed E-state index contributed by atoms with van der Waals surface area (Å²) in [5.41, 5.74) is 7.55. The summed E-state index contributed by atoms with van der Waals surface area (Å²) in [6.07, 6.45) is 0. The van der Waals surface area contributed by atoms with E-state index >= 15 is 0 Å². The Kier molecular flexibility index (Phi) is 4.33. The van der Waals surface area contributed by atoms with Crippen molar-refractivity contribution in [2.75, 3.05) is 12.4 Å². The fraction of sp³-hybridized carbons (Fsp3) is 0.333. The second kappa shape index (κ2) is 6.00. The number of ether oxygens (including phenoxy) is 1. The van der Waals surface area contributed by atoms with Crippen molar-refractivity contribution < 1.29 is 4.74 Å². The van der Waals surface area contributed by atoms with Crippen LogP contribution in [0.25, 0.3) is 0 Å². The molecule has 20 heavy (non-hydrogen) atoms. The number of benzene rings is 2. The summed E-state index contributed by atoms with van der Waals surface area (Å²) in [5, 5.41) is 3.49. The molecule has 0 atom stereocenters. The molecule has 0 aliphatic carbocycles. The predicted octanol–water partition coefficient (Wildman–Crippen LogP) is 4.54. The van der Waals surface area contributed by atoms with Crippen molar-refractivity contribution >= 4 is 5.69 Å². The Bertz CT molecular complexity index is 617. The number of nitrogens with one attached hydrogen (secondary N) is 1. The fourth-order valence-corrected chi connectivity index (χ4v) is 2.31. The van der Waals surface area contributed by atoms with E-state index in [1.54, 1.807) is 7.11 Å². The lowest BCUT2D eigenvalue weighted by molar-refractivity contribution is 0.411. The van der Waals surface area contributed by atoms with Gasteiger partial charge in [-0.3, -0.25) is 0 Å². The van der Waals surface area contributed by atoms with Gasteiger partial charge in [0.05, 0.1) is 7.11 Å². The molecule has 0 fully saturated rings. The molecule has 0 aliphatic heterocycles. The largest absolute Gasteiger partial charge is 0.496 e. The first-order valence-electron chi connectivity index (χ1n) is 6.96. The fourth-order valence-electron chi connectivity index (χ4n) is 2.31. The zero-order chi connectivity index (χ0) is 14.7. The Morgan fingerprint density at radius 1 is 0.850 bits per heavy atom. The zero-order valence-electron chi connectivity index (χ0n) is 13.0. The molecule has 0 aliphatic rings. The lowest BCUT2D eigenvalue weighted by Gasteiger charge is -2.13. The van der Waals surface area contributed by atoms with Crippen LogP contribution in [0.1, 0.15) is 27.8 Å². The monoisotopic (exact) mass is 269 g/mol. The van der Waals surface area contributed by atoms with Crippen molar-refractivity contribution in [2.24, 2.45) is 0 Å². The van der Waals surface area contributed by atoms with Crippen molar-refractivity contribution in [3.05, 3.63) is 58.1 Å². The topological polar surface area (TPSA) is 21.3 Å². The SMILES string of the molecule is COc1cc(C)c(CNc2ccc(C)c(C)c2)cc1C. The zero-order valence-corrected chi connectivity index (χ0v) is 13.0. The van der Waals surface area contributed by atoms with Crippen LogP contribution in [0.5, 0.6) is 5.75 Å². The molecule has 1 N–H and O–H groups in total. The number of rotatable bonds is 4. The highest BCUT2D eigenvalue weighted by Crippen LogP contribution is 2.23. The summed E-state index contributed by atoms with van der Waals surface area (Å²) in [6, 6.07) is 10.8. The summed E-state index contributed by atoms with van der Waals surface area (Å²) in [4.78, 5) is 0. The van der Waals surface area contributed by atoms with Crippen molar-refractivity contribution in [3.63, 3.8) is 0 Å². The van der Waals surface area contributed by atoms with Crippen LogP contribution in [0.2, 0.25) is 0 Å². The molecule has 106 valence electrons. The maximum absolute atomic E-state index is 5.35. The summed E-state index contributed by atoms with van der Waals surface area (Å²) in [7, 11) is 1.72. The van der Waals surface area contributed by atoms with Crippen LogP contribution in [-0.4, -0.2) is 7.11 Å². The normalized spacial score (nSPS) is 10.4. The van der Waals surface area contributed by atoms with E-state index in [-0.39, 0.29) is 0 Å². The Labute approximate surface area is 121 Å². The van der Waals surface area contributed by atoms with E-state index in [1.807, 2.05) is 0 Å². The molecule has 0 unspecified atom stereocenters. The molecule has 2 aromatic rings. The number of aryl methyl sites for hydroxylation is 4. The Balaban J connectivity index is 2.14. The summed E-state index contributed by atoms with van der Waals surface area (Å²) in [5.74, 6) is 0.956. The number of hydrogen-bond donors (Lipinski definition) is 1. The average molecular weight is 269 g/mol. The Hall–Kier alpha value is -1.96. The van der Waals surface area contributed by atoms with Gasteiger partial charge in [-0.05, 0) is 73.7 Å². The minimum atomic E-state index is 0.833. The molecule has 0 bridgehead atoms. The molecule has 0 saturated carbocycles. The molecule has 2 rings (SSSR count). The van der Waals surface area contributed by atoms with E-state index < -0.39 is 0 Å². The second-order valence-electron chi connectivity index (χ2n) is 5.40. The van der Waals surface area contributed by atoms with Gasteiger partial charge >= 0.3 is 0 Å². The quantitative estimate of drug-likeness (QED) is 0.879. The van der Waals surface area contributed by atoms with Gasteiger partial charge in [-0.15, -0.1) is 0 Å². The van der Waals surface area contributed by atoms with Crippen LogP contribution in [0.15, 0.2) is 30.3 Å². The third kappa shape index (κ3) is 3.13. The van der Waals surface area contributed by atoms with Crippen LogP contribution >= 0.6 is 0 Å². The lowest BCUT2D eigenvalue weighted by Crippen LogP contribution is -2.03. The molecule has 2 aromatic carbocycles. The lowest BCUT2D eigenvalue weighted by atomic mass is 10.0. The first kappa shape index (κ1) is 14.4. The van der Waals surface area contributed by atoms with E-state index in [2.05, 4.69) is 63.3 Å². The number of methoxy groups -OCH3 is 1. The Morgan fingerprint density at radius 3 is 2.25 bits per heavy atom. The molecule has 0 radical (unpaired) electrons. The van der Waals surface area contributed by atoms with Gasteiger partial charge in [0.2, 0.25) is 0 Å². The van der Waals surface area contributed by atoms with Crippen LogP contribution in [0.3, 0.4) is 0 Å². The first-order chi connectivity index (χ1) is 9.51. The third-order valence-corrected chi connectivity index (χ3v) is 3.84. The molecule has 0 saturated heterocycles. The van der Waals surface area contributed by atoms with Gasteiger partial charge in [0.15, 0.2) is 0 Å². The van der Waals surface area contributed by atoms with Crippen LogP contribution < -0.4 is 10.1 Å². The van der Waals surface area contributed by atoms with Crippen molar-refractivity contribution in [3.8, 4) is 5.75 Å². The second-order valence-corrected chi connectivity index (χ2v) is 5.40. The number of anilines is 1. The molecule has 2 nitrogen and oxygen atoms in total. The Morgan fingerprint density at radius 2 is 1.60 bits per heavy atom. The average Bonchev–Trinajstić information content (AvgIpc) is 2.43. The minimum Gasteiger partial charge on any atom is -0.496 e.